The maximum Gasteiger partial charge on any atom is 0.408 e. The standard InChI is InChI=1S/C26H34N2O5/c1-6-32-23(29)18-28(17-20-13-8-7-9-14-20)24(30)22(27-25(31)33-26(3,4)5)16-21-15-11-10-12-19(21)2/h7-15,22H,6,16-18H2,1-5H3,(H,27,31). The minimum absolute atomic E-state index is 0.207. The number of aryl methyl sites for hydroxylation is 1. The Kier molecular flexibility index (Phi) is 9.45. The van der Waals surface area contributed by atoms with Crippen molar-refractivity contribution in [3.8, 4) is 0 Å². The fourth-order valence-corrected chi connectivity index (χ4v) is 3.31. The zero-order valence-electron chi connectivity index (χ0n) is 20.1. The van der Waals surface area contributed by atoms with Crippen LogP contribution in [0.3, 0.4) is 0 Å². The molecule has 0 aliphatic carbocycles. The molecule has 33 heavy (non-hydrogen) atoms. The SMILES string of the molecule is CCOC(=O)CN(Cc1ccccc1)C(=O)C(Cc1ccccc1C)NC(=O)OC(C)(C)C. The predicted octanol–water partition coefficient (Wildman–Crippen LogP) is 4.02. The van der Waals surface area contributed by atoms with Gasteiger partial charge in [-0.05, 0) is 51.3 Å². The third-order valence-corrected chi connectivity index (χ3v) is 4.83. The Bertz CT molecular complexity index is 937. The normalized spacial score (nSPS) is 11.9. The van der Waals surface area contributed by atoms with Crippen LogP contribution < -0.4 is 5.32 Å². The molecule has 0 bridgehead atoms. The molecule has 7 heteroatoms. The van der Waals surface area contributed by atoms with Crippen LogP contribution in [-0.4, -0.2) is 47.7 Å². The number of ether oxygens (including phenoxy) is 2. The number of nitrogens with one attached hydrogen (secondary N) is 1. The van der Waals surface area contributed by atoms with Gasteiger partial charge in [-0.25, -0.2) is 4.79 Å². The summed E-state index contributed by atoms with van der Waals surface area (Å²) in [6.45, 7) is 9.14. The first-order valence-electron chi connectivity index (χ1n) is 11.1. The van der Waals surface area contributed by atoms with Crippen molar-refractivity contribution in [2.75, 3.05) is 13.2 Å². The number of benzene rings is 2. The van der Waals surface area contributed by atoms with Gasteiger partial charge >= 0.3 is 12.1 Å². The molecule has 0 fully saturated rings. The van der Waals surface area contributed by atoms with Crippen molar-refractivity contribution in [2.24, 2.45) is 0 Å². The summed E-state index contributed by atoms with van der Waals surface area (Å²) < 4.78 is 10.5. The Morgan fingerprint density at radius 1 is 1.00 bits per heavy atom. The molecule has 1 unspecified atom stereocenters. The maximum atomic E-state index is 13.7. The molecular weight excluding hydrogens is 420 g/mol. The van der Waals surface area contributed by atoms with Crippen LogP contribution in [0.4, 0.5) is 4.79 Å². The van der Waals surface area contributed by atoms with Crippen LogP contribution in [0.2, 0.25) is 0 Å². The van der Waals surface area contributed by atoms with Crippen molar-refractivity contribution < 1.29 is 23.9 Å². The number of esters is 1. The lowest BCUT2D eigenvalue weighted by molar-refractivity contribution is -0.150. The minimum Gasteiger partial charge on any atom is -0.465 e. The van der Waals surface area contributed by atoms with E-state index < -0.39 is 23.7 Å². The molecule has 178 valence electrons. The highest BCUT2D eigenvalue weighted by Gasteiger charge is 2.30. The molecule has 0 saturated carbocycles. The zero-order chi connectivity index (χ0) is 24.4. The van der Waals surface area contributed by atoms with Crippen LogP contribution in [0.15, 0.2) is 54.6 Å². The average Bonchev–Trinajstić information content (AvgIpc) is 2.73. The number of carbonyl (C=O) groups is 3. The molecule has 2 aromatic carbocycles. The lowest BCUT2D eigenvalue weighted by atomic mass is 10.00. The zero-order valence-corrected chi connectivity index (χ0v) is 20.1. The van der Waals surface area contributed by atoms with E-state index >= 15 is 0 Å². The Labute approximate surface area is 196 Å². The number of hydrogen-bond donors (Lipinski definition) is 1. The molecule has 2 amide bonds. The van der Waals surface area contributed by atoms with Crippen LogP contribution in [0.1, 0.15) is 44.4 Å². The minimum atomic E-state index is -0.918. The summed E-state index contributed by atoms with van der Waals surface area (Å²) in [6.07, 6.45) is -0.427. The fraction of sp³-hybridized carbons (Fsp3) is 0.423. The first-order chi connectivity index (χ1) is 15.6. The summed E-state index contributed by atoms with van der Waals surface area (Å²) in [6, 6.07) is 16.1. The molecule has 0 aromatic heterocycles. The summed E-state index contributed by atoms with van der Waals surface area (Å²) in [5.74, 6) is -0.894. The van der Waals surface area contributed by atoms with E-state index in [2.05, 4.69) is 5.32 Å². The van der Waals surface area contributed by atoms with E-state index in [9.17, 15) is 14.4 Å². The largest absolute Gasteiger partial charge is 0.465 e. The number of rotatable bonds is 9. The van der Waals surface area contributed by atoms with E-state index in [-0.39, 0.29) is 32.0 Å². The smallest absolute Gasteiger partial charge is 0.408 e. The third-order valence-electron chi connectivity index (χ3n) is 4.83. The number of hydrogen-bond acceptors (Lipinski definition) is 5. The van der Waals surface area contributed by atoms with Gasteiger partial charge in [0.2, 0.25) is 5.91 Å². The maximum absolute atomic E-state index is 13.7. The summed E-state index contributed by atoms with van der Waals surface area (Å²) in [7, 11) is 0. The Balaban J connectivity index is 2.33. The molecule has 1 atom stereocenters. The summed E-state index contributed by atoms with van der Waals surface area (Å²) >= 11 is 0. The van der Waals surface area contributed by atoms with Gasteiger partial charge in [0.15, 0.2) is 0 Å². The second-order valence-electron chi connectivity index (χ2n) is 8.81. The Morgan fingerprint density at radius 3 is 2.24 bits per heavy atom. The van der Waals surface area contributed by atoms with Crippen LogP contribution in [0, 0.1) is 6.92 Å². The summed E-state index contributed by atoms with van der Waals surface area (Å²) in [4.78, 5) is 39.9. The molecule has 7 nitrogen and oxygen atoms in total. The van der Waals surface area contributed by atoms with Gasteiger partial charge in [-0.15, -0.1) is 0 Å². The molecule has 2 rings (SSSR count). The molecule has 0 heterocycles. The van der Waals surface area contributed by atoms with Crippen molar-refractivity contribution in [2.45, 2.75) is 59.2 Å². The van der Waals surface area contributed by atoms with E-state index in [1.54, 1.807) is 27.7 Å². The molecule has 0 aliphatic heterocycles. The van der Waals surface area contributed by atoms with Crippen LogP contribution in [0.5, 0.6) is 0 Å². The highest BCUT2D eigenvalue weighted by atomic mass is 16.6. The first kappa shape index (κ1) is 25.9. The van der Waals surface area contributed by atoms with Crippen molar-refractivity contribution in [1.82, 2.24) is 10.2 Å². The molecular formula is C26H34N2O5. The number of carbonyl (C=O) groups excluding carboxylic acids is 3. The van der Waals surface area contributed by atoms with E-state index in [0.29, 0.717) is 0 Å². The Hall–Kier alpha value is -3.35. The van der Waals surface area contributed by atoms with Gasteiger partial charge in [0.1, 0.15) is 18.2 Å². The third kappa shape index (κ3) is 8.96. The van der Waals surface area contributed by atoms with Crippen LogP contribution in [-0.2, 0) is 32.0 Å². The van der Waals surface area contributed by atoms with Crippen LogP contribution >= 0.6 is 0 Å². The van der Waals surface area contributed by atoms with Gasteiger partial charge in [-0.1, -0.05) is 54.6 Å². The predicted molar refractivity (Wildman–Crippen MR) is 127 cm³/mol. The van der Waals surface area contributed by atoms with Crippen molar-refractivity contribution in [3.05, 3.63) is 71.3 Å². The van der Waals surface area contributed by atoms with Gasteiger partial charge in [-0.3, -0.25) is 9.59 Å². The lowest BCUT2D eigenvalue weighted by Crippen LogP contribution is -2.51. The van der Waals surface area contributed by atoms with E-state index in [1.807, 2.05) is 61.5 Å². The first-order valence-corrected chi connectivity index (χ1v) is 11.1. The fourth-order valence-electron chi connectivity index (χ4n) is 3.31. The highest BCUT2D eigenvalue weighted by Crippen LogP contribution is 2.15. The van der Waals surface area contributed by atoms with Gasteiger partial charge in [-0.2, -0.15) is 0 Å². The second-order valence-corrected chi connectivity index (χ2v) is 8.81. The number of nitrogens with zero attached hydrogens (tertiary/aromatic N) is 1. The van der Waals surface area contributed by atoms with Gasteiger partial charge in [0.25, 0.3) is 0 Å². The van der Waals surface area contributed by atoms with Gasteiger partial charge in [0.05, 0.1) is 6.61 Å². The molecule has 0 saturated heterocycles. The van der Waals surface area contributed by atoms with Crippen LogP contribution in [0.25, 0.3) is 0 Å². The van der Waals surface area contributed by atoms with Crippen molar-refractivity contribution in [1.29, 1.82) is 0 Å². The molecule has 0 radical (unpaired) electrons. The van der Waals surface area contributed by atoms with Gasteiger partial charge < -0.3 is 19.7 Å². The van der Waals surface area contributed by atoms with E-state index in [1.165, 1.54) is 4.90 Å². The van der Waals surface area contributed by atoms with Gasteiger partial charge in [0, 0.05) is 13.0 Å². The quantitative estimate of drug-likeness (QED) is 0.579. The highest BCUT2D eigenvalue weighted by molar-refractivity contribution is 5.88. The molecule has 2 aromatic rings. The summed E-state index contributed by atoms with van der Waals surface area (Å²) in [5.41, 5.74) is 2.07. The molecule has 0 spiro atoms. The molecule has 0 aliphatic rings. The van der Waals surface area contributed by atoms with Crippen molar-refractivity contribution >= 4 is 18.0 Å². The van der Waals surface area contributed by atoms with E-state index in [0.717, 1.165) is 16.7 Å². The monoisotopic (exact) mass is 454 g/mol. The topological polar surface area (TPSA) is 84.9 Å². The number of alkyl carbamates (subject to hydrolysis) is 1. The molecule has 1 N–H and O–H groups in total. The summed E-state index contributed by atoms with van der Waals surface area (Å²) in [5, 5.41) is 2.72. The average molecular weight is 455 g/mol. The Morgan fingerprint density at radius 2 is 1.64 bits per heavy atom. The van der Waals surface area contributed by atoms with E-state index in [4.69, 9.17) is 9.47 Å². The number of amides is 2. The van der Waals surface area contributed by atoms with Crippen molar-refractivity contribution in [3.63, 3.8) is 0 Å². The lowest BCUT2D eigenvalue weighted by Gasteiger charge is -2.29. The second kappa shape index (κ2) is 12.0.